The van der Waals surface area contributed by atoms with Gasteiger partial charge >= 0.3 is 0 Å². The van der Waals surface area contributed by atoms with Crippen molar-refractivity contribution in [3.05, 3.63) is 58.1 Å². The van der Waals surface area contributed by atoms with Crippen LogP contribution in [0, 0.1) is 0 Å². The largest absolute Gasteiger partial charge is 0.497 e. The fraction of sp³-hybridized carbons (Fsp3) is 0.440. The molecule has 198 valence electrons. The summed E-state index contributed by atoms with van der Waals surface area (Å²) in [6.45, 7) is 6.82. The highest BCUT2D eigenvalue weighted by Crippen LogP contribution is 2.34. The summed E-state index contributed by atoms with van der Waals surface area (Å²) in [5.41, 5.74) is 0.271. The van der Waals surface area contributed by atoms with E-state index in [2.05, 4.69) is 5.32 Å². The van der Waals surface area contributed by atoms with Crippen molar-refractivity contribution in [2.24, 2.45) is 0 Å². The highest BCUT2D eigenvalue weighted by Gasteiger charge is 2.33. The molecule has 2 aromatic rings. The summed E-state index contributed by atoms with van der Waals surface area (Å²) in [5, 5.41) is 3.08. The van der Waals surface area contributed by atoms with Crippen LogP contribution >= 0.6 is 23.2 Å². The number of anilines is 1. The van der Waals surface area contributed by atoms with E-state index in [1.54, 1.807) is 37.3 Å². The van der Waals surface area contributed by atoms with Gasteiger partial charge in [0.25, 0.3) is 0 Å². The van der Waals surface area contributed by atoms with Crippen molar-refractivity contribution in [3.63, 3.8) is 0 Å². The number of nitrogens with zero attached hydrogens (tertiary/aromatic N) is 2. The minimum Gasteiger partial charge on any atom is -0.497 e. The normalized spacial score (nSPS) is 12.6. The van der Waals surface area contributed by atoms with Crippen molar-refractivity contribution in [2.45, 2.75) is 52.2 Å². The van der Waals surface area contributed by atoms with Crippen LogP contribution in [-0.2, 0) is 26.2 Å². The molecule has 1 N–H and O–H groups in total. The molecule has 0 spiro atoms. The first-order valence-corrected chi connectivity index (χ1v) is 13.9. The number of halogens is 2. The van der Waals surface area contributed by atoms with Gasteiger partial charge in [0.2, 0.25) is 21.8 Å². The van der Waals surface area contributed by atoms with Crippen LogP contribution in [0.4, 0.5) is 5.69 Å². The molecule has 0 bridgehead atoms. The minimum atomic E-state index is -3.93. The summed E-state index contributed by atoms with van der Waals surface area (Å²) in [7, 11) is -2.39. The van der Waals surface area contributed by atoms with Gasteiger partial charge in [-0.15, -0.1) is 0 Å². The first-order chi connectivity index (χ1) is 16.7. The first kappa shape index (κ1) is 29.7. The van der Waals surface area contributed by atoms with Gasteiger partial charge in [-0.25, -0.2) is 8.42 Å². The van der Waals surface area contributed by atoms with E-state index in [1.165, 1.54) is 24.1 Å². The second-order valence-corrected chi connectivity index (χ2v) is 12.1. The number of nitrogens with one attached hydrogen (secondary N) is 1. The molecule has 0 radical (unpaired) electrons. The van der Waals surface area contributed by atoms with Crippen LogP contribution in [0.5, 0.6) is 5.75 Å². The van der Waals surface area contributed by atoms with Crippen LogP contribution in [-0.4, -0.2) is 56.6 Å². The topological polar surface area (TPSA) is 96.0 Å². The number of methoxy groups -OCH3 is 1. The van der Waals surface area contributed by atoms with Crippen LogP contribution in [0.15, 0.2) is 42.5 Å². The van der Waals surface area contributed by atoms with Crippen LogP contribution in [0.3, 0.4) is 0 Å². The molecule has 0 fully saturated rings. The Morgan fingerprint density at radius 1 is 1.11 bits per heavy atom. The Balaban J connectivity index is 2.52. The Morgan fingerprint density at radius 2 is 1.75 bits per heavy atom. The predicted octanol–water partition coefficient (Wildman–Crippen LogP) is 4.49. The van der Waals surface area contributed by atoms with Crippen LogP contribution in [0.2, 0.25) is 10.0 Å². The third kappa shape index (κ3) is 8.01. The molecule has 2 amide bonds. The molecule has 36 heavy (non-hydrogen) atoms. The number of carbonyl (C=O) groups is 2. The van der Waals surface area contributed by atoms with E-state index in [1.807, 2.05) is 20.8 Å². The zero-order chi connectivity index (χ0) is 27.3. The number of sulfonamides is 1. The highest BCUT2D eigenvalue weighted by atomic mass is 35.5. The van der Waals surface area contributed by atoms with Gasteiger partial charge < -0.3 is 15.0 Å². The van der Waals surface area contributed by atoms with E-state index >= 15 is 0 Å². The molecule has 0 saturated carbocycles. The van der Waals surface area contributed by atoms with Gasteiger partial charge in [-0.1, -0.05) is 48.3 Å². The summed E-state index contributed by atoms with van der Waals surface area (Å²) in [4.78, 5) is 28.3. The van der Waals surface area contributed by atoms with Gasteiger partial charge in [-0.3, -0.25) is 13.9 Å². The predicted molar refractivity (Wildman–Crippen MR) is 144 cm³/mol. The number of rotatable bonds is 10. The molecular formula is C25H33Cl2N3O5S. The van der Waals surface area contributed by atoms with E-state index in [4.69, 9.17) is 27.9 Å². The van der Waals surface area contributed by atoms with E-state index in [0.717, 1.165) is 16.1 Å². The molecule has 8 nitrogen and oxygen atoms in total. The first-order valence-electron chi connectivity index (χ1n) is 11.3. The molecule has 0 heterocycles. The van der Waals surface area contributed by atoms with Gasteiger partial charge in [0.1, 0.15) is 18.3 Å². The van der Waals surface area contributed by atoms with Gasteiger partial charge in [0.15, 0.2) is 0 Å². The van der Waals surface area contributed by atoms with E-state index in [0.29, 0.717) is 12.2 Å². The second kappa shape index (κ2) is 12.2. The Morgan fingerprint density at radius 3 is 2.31 bits per heavy atom. The Kier molecular flexibility index (Phi) is 10.0. The van der Waals surface area contributed by atoms with Crippen molar-refractivity contribution in [2.75, 3.05) is 24.2 Å². The Labute approximate surface area is 223 Å². The van der Waals surface area contributed by atoms with E-state index in [9.17, 15) is 18.0 Å². The summed E-state index contributed by atoms with van der Waals surface area (Å²) in [5.74, 6) is -0.321. The zero-order valence-corrected chi connectivity index (χ0v) is 23.7. The lowest BCUT2D eigenvalue weighted by Gasteiger charge is -2.34. The summed E-state index contributed by atoms with van der Waals surface area (Å²) < 4.78 is 31.6. The van der Waals surface area contributed by atoms with Crippen molar-refractivity contribution in [1.82, 2.24) is 10.2 Å². The average Bonchev–Trinajstić information content (AvgIpc) is 2.77. The maximum Gasteiger partial charge on any atom is 0.244 e. The van der Waals surface area contributed by atoms with Gasteiger partial charge in [-0.2, -0.15) is 0 Å². The quantitative estimate of drug-likeness (QED) is 0.464. The van der Waals surface area contributed by atoms with Crippen molar-refractivity contribution < 1.29 is 22.7 Å². The fourth-order valence-electron chi connectivity index (χ4n) is 3.62. The maximum absolute atomic E-state index is 13.7. The van der Waals surface area contributed by atoms with Gasteiger partial charge in [-0.05, 0) is 57.0 Å². The number of hydrogen-bond donors (Lipinski definition) is 1. The molecular weight excluding hydrogens is 525 g/mol. The number of amides is 2. The van der Waals surface area contributed by atoms with Crippen molar-refractivity contribution in [3.8, 4) is 5.75 Å². The number of carbonyl (C=O) groups excluding carboxylic acids is 2. The Hall–Kier alpha value is -2.49. The van der Waals surface area contributed by atoms with Crippen LogP contribution in [0.1, 0.15) is 39.7 Å². The van der Waals surface area contributed by atoms with E-state index < -0.39 is 34.1 Å². The molecule has 2 rings (SSSR count). The SMILES string of the molecule is CC[C@H](C(=O)NC(C)(C)C)N(Cc1cccc(OC)c1)C(=O)CN(c1cccc(Cl)c1Cl)S(C)(=O)=O. The monoisotopic (exact) mass is 557 g/mol. The molecule has 1 atom stereocenters. The molecule has 0 aliphatic carbocycles. The lowest BCUT2D eigenvalue weighted by atomic mass is 10.1. The minimum absolute atomic E-state index is 0.00857. The Bertz CT molecular complexity index is 1200. The molecule has 0 aliphatic heterocycles. The van der Waals surface area contributed by atoms with Crippen LogP contribution < -0.4 is 14.4 Å². The van der Waals surface area contributed by atoms with Crippen LogP contribution in [0.25, 0.3) is 0 Å². The van der Waals surface area contributed by atoms with Gasteiger partial charge in [0, 0.05) is 12.1 Å². The zero-order valence-electron chi connectivity index (χ0n) is 21.3. The summed E-state index contributed by atoms with van der Waals surface area (Å²) in [6.07, 6.45) is 1.29. The maximum atomic E-state index is 13.7. The average molecular weight is 559 g/mol. The second-order valence-electron chi connectivity index (χ2n) is 9.38. The molecule has 0 aromatic heterocycles. The molecule has 11 heteroatoms. The third-order valence-electron chi connectivity index (χ3n) is 5.25. The highest BCUT2D eigenvalue weighted by molar-refractivity contribution is 7.92. The number of benzene rings is 2. The molecule has 0 saturated heterocycles. The van der Waals surface area contributed by atoms with Gasteiger partial charge in [0.05, 0.1) is 29.1 Å². The third-order valence-corrected chi connectivity index (χ3v) is 7.19. The summed E-state index contributed by atoms with van der Waals surface area (Å²) >= 11 is 12.4. The number of ether oxygens (including phenoxy) is 1. The lowest BCUT2D eigenvalue weighted by molar-refractivity contribution is -0.141. The standard InChI is InChI=1S/C25H33Cl2N3O5S/c1-7-20(24(32)28-25(2,3)4)29(15-17-10-8-11-18(14-17)35-5)22(31)16-30(36(6,33)34)21-13-9-12-19(26)23(21)27/h8-14,20H,7,15-16H2,1-6H3,(H,28,32)/t20-/m1/s1. The number of hydrogen-bond acceptors (Lipinski definition) is 5. The van der Waals surface area contributed by atoms with Crippen molar-refractivity contribution in [1.29, 1.82) is 0 Å². The molecule has 2 aromatic carbocycles. The molecule has 0 aliphatic rings. The van der Waals surface area contributed by atoms with E-state index in [-0.39, 0.29) is 28.2 Å². The smallest absolute Gasteiger partial charge is 0.244 e. The lowest BCUT2D eigenvalue weighted by Crippen LogP contribution is -2.55. The summed E-state index contributed by atoms with van der Waals surface area (Å²) in [6, 6.07) is 10.8. The van der Waals surface area contributed by atoms with Crippen molar-refractivity contribution >= 4 is 50.7 Å². The fourth-order valence-corrected chi connectivity index (χ4v) is 4.92. The molecule has 0 unspecified atom stereocenters.